The Kier molecular flexibility index (Phi) is 6.61. The minimum absolute atomic E-state index is 0.159. The standard InChI is InChI=1S/C20H23N5O3S/c1-4-28-17-11-7-15(8-12-17)22-19(26)13(2)29-20-24-23-18(25(20)21)14-5-9-16(27-3)10-6-14/h5-13H,4,21H2,1-3H3,(H,22,26)/t13-/m0/s1. The van der Waals surface area contributed by atoms with Gasteiger partial charge in [0.2, 0.25) is 11.1 Å². The number of carbonyl (C=O) groups is 1. The summed E-state index contributed by atoms with van der Waals surface area (Å²) >= 11 is 1.23. The SMILES string of the molecule is CCOc1ccc(NC(=O)[C@H](C)Sc2nnc(-c3ccc(OC)cc3)n2N)cc1. The molecule has 1 heterocycles. The molecular weight excluding hydrogens is 390 g/mol. The van der Waals surface area contributed by atoms with Gasteiger partial charge in [-0.25, -0.2) is 4.68 Å². The van der Waals surface area contributed by atoms with E-state index in [0.717, 1.165) is 17.1 Å². The van der Waals surface area contributed by atoms with Crippen LogP contribution in [0.25, 0.3) is 11.4 Å². The first-order chi connectivity index (χ1) is 14.0. The summed E-state index contributed by atoms with van der Waals surface area (Å²) in [6, 6.07) is 14.6. The third-order valence-corrected chi connectivity index (χ3v) is 5.15. The molecule has 0 radical (unpaired) electrons. The first-order valence-electron chi connectivity index (χ1n) is 9.07. The number of methoxy groups -OCH3 is 1. The third-order valence-electron chi connectivity index (χ3n) is 4.10. The van der Waals surface area contributed by atoms with Gasteiger partial charge in [0, 0.05) is 11.3 Å². The maximum Gasteiger partial charge on any atom is 0.237 e. The second kappa shape index (κ2) is 9.33. The van der Waals surface area contributed by atoms with Gasteiger partial charge in [0.05, 0.1) is 19.0 Å². The fourth-order valence-electron chi connectivity index (χ4n) is 2.55. The second-order valence-corrected chi connectivity index (χ2v) is 7.42. The molecule has 0 spiro atoms. The van der Waals surface area contributed by atoms with Crippen LogP contribution in [-0.4, -0.2) is 39.7 Å². The van der Waals surface area contributed by atoms with Crippen molar-refractivity contribution in [1.82, 2.24) is 14.9 Å². The molecule has 29 heavy (non-hydrogen) atoms. The van der Waals surface area contributed by atoms with Crippen LogP contribution < -0.4 is 20.6 Å². The highest BCUT2D eigenvalue weighted by atomic mass is 32.2. The number of amides is 1. The van der Waals surface area contributed by atoms with E-state index in [1.165, 1.54) is 16.4 Å². The molecule has 0 fully saturated rings. The molecular formula is C20H23N5O3S. The number of nitrogens with zero attached hydrogens (tertiary/aromatic N) is 3. The Hall–Kier alpha value is -3.20. The third kappa shape index (κ3) is 5.00. The van der Waals surface area contributed by atoms with Gasteiger partial charge in [0.15, 0.2) is 5.82 Å². The van der Waals surface area contributed by atoms with Gasteiger partial charge in [-0.2, -0.15) is 0 Å². The summed E-state index contributed by atoms with van der Waals surface area (Å²) in [6.07, 6.45) is 0. The summed E-state index contributed by atoms with van der Waals surface area (Å²) < 4.78 is 11.9. The van der Waals surface area contributed by atoms with Gasteiger partial charge in [0.1, 0.15) is 11.5 Å². The van der Waals surface area contributed by atoms with Gasteiger partial charge in [-0.15, -0.1) is 10.2 Å². The minimum Gasteiger partial charge on any atom is -0.497 e. The van der Waals surface area contributed by atoms with Crippen molar-refractivity contribution < 1.29 is 14.3 Å². The van der Waals surface area contributed by atoms with E-state index in [9.17, 15) is 4.79 Å². The summed E-state index contributed by atoms with van der Waals surface area (Å²) in [4.78, 5) is 12.5. The first-order valence-corrected chi connectivity index (χ1v) is 9.95. The molecule has 3 aromatic rings. The molecule has 0 aliphatic carbocycles. The minimum atomic E-state index is -0.420. The average Bonchev–Trinajstić information content (AvgIpc) is 3.10. The van der Waals surface area contributed by atoms with Crippen molar-refractivity contribution in [3.8, 4) is 22.9 Å². The van der Waals surface area contributed by atoms with Gasteiger partial charge in [-0.3, -0.25) is 4.79 Å². The molecule has 1 amide bonds. The smallest absolute Gasteiger partial charge is 0.237 e. The first kappa shape index (κ1) is 20.5. The highest BCUT2D eigenvalue weighted by Gasteiger charge is 2.20. The summed E-state index contributed by atoms with van der Waals surface area (Å²) in [5.74, 6) is 8.00. The molecule has 1 atom stereocenters. The Morgan fingerprint density at radius 1 is 1.14 bits per heavy atom. The number of rotatable bonds is 8. The lowest BCUT2D eigenvalue weighted by Gasteiger charge is -2.12. The van der Waals surface area contributed by atoms with E-state index in [0.29, 0.717) is 23.3 Å². The number of benzene rings is 2. The summed E-state index contributed by atoms with van der Waals surface area (Å²) in [6.45, 7) is 4.30. The molecule has 3 rings (SSSR count). The highest BCUT2D eigenvalue weighted by molar-refractivity contribution is 8.00. The van der Waals surface area contributed by atoms with Crippen LogP contribution in [0.4, 0.5) is 5.69 Å². The zero-order valence-electron chi connectivity index (χ0n) is 16.5. The zero-order chi connectivity index (χ0) is 20.8. The number of nitrogens with one attached hydrogen (secondary N) is 1. The van der Waals surface area contributed by atoms with E-state index >= 15 is 0 Å². The number of nitrogen functional groups attached to an aromatic ring is 1. The number of nitrogens with two attached hydrogens (primary N) is 1. The normalized spacial score (nSPS) is 11.7. The lowest BCUT2D eigenvalue weighted by molar-refractivity contribution is -0.115. The summed E-state index contributed by atoms with van der Waals surface area (Å²) in [5, 5.41) is 11.2. The maximum atomic E-state index is 12.5. The van der Waals surface area contributed by atoms with Crippen molar-refractivity contribution in [2.24, 2.45) is 0 Å². The molecule has 0 unspecified atom stereocenters. The van der Waals surface area contributed by atoms with Crippen molar-refractivity contribution in [2.45, 2.75) is 24.3 Å². The summed E-state index contributed by atoms with van der Waals surface area (Å²) in [7, 11) is 1.61. The van der Waals surface area contributed by atoms with Crippen LogP contribution in [0.2, 0.25) is 0 Å². The molecule has 0 aliphatic rings. The highest BCUT2D eigenvalue weighted by Crippen LogP contribution is 2.26. The number of carbonyl (C=O) groups excluding carboxylic acids is 1. The van der Waals surface area contributed by atoms with Gasteiger partial charge < -0.3 is 20.6 Å². The van der Waals surface area contributed by atoms with Crippen LogP contribution in [0, 0.1) is 0 Å². The van der Waals surface area contributed by atoms with E-state index in [2.05, 4.69) is 15.5 Å². The fraction of sp³-hybridized carbons (Fsp3) is 0.250. The molecule has 0 aliphatic heterocycles. The van der Waals surface area contributed by atoms with E-state index in [1.807, 2.05) is 43.3 Å². The molecule has 3 N–H and O–H groups in total. The van der Waals surface area contributed by atoms with Gasteiger partial charge >= 0.3 is 0 Å². The monoisotopic (exact) mass is 413 g/mol. The molecule has 0 saturated carbocycles. The van der Waals surface area contributed by atoms with Crippen LogP contribution in [0.15, 0.2) is 53.7 Å². The molecule has 1 aromatic heterocycles. The van der Waals surface area contributed by atoms with Crippen molar-refractivity contribution >= 4 is 23.4 Å². The van der Waals surface area contributed by atoms with Crippen LogP contribution in [0.3, 0.4) is 0 Å². The van der Waals surface area contributed by atoms with Gasteiger partial charge in [-0.05, 0) is 62.4 Å². The van der Waals surface area contributed by atoms with Crippen LogP contribution in [-0.2, 0) is 4.79 Å². The van der Waals surface area contributed by atoms with Gasteiger partial charge in [-0.1, -0.05) is 11.8 Å². The lowest BCUT2D eigenvalue weighted by Crippen LogP contribution is -2.23. The van der Waals surface area contributed by atoms with Crippen molar-refractivity contribution in [2.75, 3.05) is 24.9 Å². The van der Waals surface area contributed by atoms with Crippen molar-refractivity contribution in [3.63, 3.8) is 0 Å². The van der Waals surface area contributed by atoms with Crippen LogP contribution in [0.5, 0.6) is 11.5 Å². The van der Waals surface area contributed by atoms with Crippen molar-refractivity contribution in [3.05, 3.63) is 48.5 Å². The number of anilines is 1. The van der Waals surface area contributed by atoms with Gasteiger partial charge in [0.25, 0.3) is 0 Å². The second-order valence-electron chi connectivity index (χ2n) is 6.11. The fourth-order valence-corrected chi connectivity index (χ4v) is 3.32. The predicted molar refractivity (Wildman–Crippen MR) is 114 cm³/mol. The molecule has 9 heteroatoms. The Morgan fingerprint density at radius 3 is 2.41 bits per heavy atom. The number of thioether (sulfide) groups is 1. The van der Waals surface area contributed by atoms with E-state index < -0.39 is 5.25 Å². The zero-order valence-corrected chi connectivity index (χ0v) is 17.3. The van der Waals surface area contributed by atoms with Crippen LogP contribution >= 0.6 is 11.8 Å². The van der Waals surface area contributed by atoms with Crippen molar-refractivity contribution in [1.29, 1.82) is 0 Å². The summed E-state index contributed by atoms with van der Waals surface area (Å²) in [5.41, 5.74) is 1.50. The Balaban J connectivity index is 1.64. The average molecular weight is 414 g/mol. The molecule has 0 saturated heterocycles. The van der Waals surface area contributed by atoms with Crippen LogP contribution in [0.1, 0.15) is 13.8 Å². The Labute approximate surface area is 173 Å². The topological polar surface area (TPSA) is 104 Å². The van der Waals surface area contributed by atoms with E-state index in [4.69, 9.17) is 15.3 Å². The molecule has 8 nitrogen and oxygen atoms in total. The predicted octanol–water partition coefficient (Wildman–Crippen LogP) is 3.19. The lowest BCUT2D eigenvalue weighted by atomic mass is 10.2. The number of ether oxygens (including phenoxy) is 2. The molecule has 0 bridgehead atoms. The largest absolute Gasteiger partial charge is 0.497 e. The van der Waals surface area contributed by atoms with E-state index in [1.54, 1.807) is 26.2 Å². The Bertz CT molecular complexity index is 957. The number of aromatic nitrogens is 3. The number of hydrogen-bond donors (Lipinski definition) is 2. The molecule has 152 valence electrons. The Morgan fingerprint density at radius 2 is 1.79 bits per heavy atom. The quantitative estimate of drug-likeness (QED) is 0.432. The number of hydrogen-bond acceptors (Lipinski definition) is 7. The van der Waals surface area contributed by atoms with E-state index in [-0.39, 0.29) is 5.91 Å². The maximum absolute atomic E-state index is 12.5. The molecule has 2 aromatic carbocycles.